The molecule has 178 valence electrons. The zero-order valence-corrected chi connectivity index (χ0v) is 19.8. The van der Waals surface area contributed by atoms with Gasteiger partial charge in [-0.05, 0) is 62.4 Å². The van der Waals surface area contributed by atoms with E-state index in [1.165, 1.54) is 0 Å². The Morgan fingerprint density at radius 1 is 1.32 bits per heavy atom. The largest absolute Gasteiger partial charge is 0.490 e. The van der Waals surface area contributed by atoms with Gasteiger partial charge in [-0.2, -0.15) is 10.2 Å². The van der Waals surface area contributed by atoms with Gasteiger partial charge in [0.1, 0.15) is 11.8 Å². The first-order valence-electron chi connectivity index (χ1n) is 11.1. The van der Waals surface area contributed by atoms with E-state index in [1.807, 2.05) is 32.0 Å². The first-order chi connectivity index (χ1) is 16.3. The lowest BCUT2D eigenvalue weighted by molar-refractivity contribution is 0.241. The van der Waals surface area contributed by atoms with Gasteiger partial charge < -0.3 is 14.4 Å². The smallest absolute Gasteiger partial charge is 0.258 e. The number of fused-ring (bicyclic) bond motifs is 1. The van der Waals surface area contributed by atoms with E-state index >= 15 is 0 Å². The Morgan fingerprint density at radius 3 is 2.88 bits per heavy atom. The molecule has 0 aliphatic heterocycles. The highest BCUT2D eigenvalue weighted by molar-refractivity contribution is 7.89. The van der Waals surface area contributed by atoms with Gasteiger partial charge >= 0.3 is 0 Å². The third kappa shape index (κ3) is 5.12. The van der Waals surface area contributed by atoms with Gasteiger partial charge in [0, 0.05) is 17.2 Å². The number of nitriles is 1. The van der Waals surface area contributed by atoms with E-state index < -0.39 is 16.6 Å². The van der Waals surface area contributed by atoms with Crippen molar-refractivity contribution in [1.82, 2.24) is 14.9 Å². The second-order valence-corrected chi connectivity index (χ2v) is 10.3. The monoisotopic (exact) mass is 482 g/mol. The van der Waals surface area contributed by atoms with Gasteiger partial charge in [-0.1, -0.05) is 23.4 Å². The van der Waals surface area contributed by atoms with Crippen molar-refractivity contribution in [3.05, 3.63) is 53.1 Å². The molecule has 1 aromatic heterocycles. The van der Waals surface area contributed by atoms with Crippen LogP contribution >= 0.6 is 0 Å². The number of benzene rings is 2. The van der Waals surface area contributed by atoms with Crippen molar-refractivity contribution in [1.29, 1.82) is 5.26 Å². The number of aliphatic hydroxyl groups is 1. The fraction of sp³-hybridized carbons (Fsp3) is 0.375. The maximum absolute atomic E-state index is 12.2. The van der Waals surface area contributed by atoms with Crippen LogP contribution in [0.25, 0.3) is 22.8 Å². The summed E-state index contributed by atoms with van der Waals surface area (Å²) in [5, 5.41) is 22.7. The Bertz CT molecular complexity index is 1330. The minimum absolute atomic E-state index is 0.0610. The van der Waals surface area contributed by atoms with Crippen molar-refractivity contribution in [3.8, 4) is 34.7 Å². The van der Waals surface area contributed by atoms with Crippen molar-refractivity contribution in [2.75, 3.05) is 12.4 Å². The summed E-state index contributed by atoms with van der Waals surface area (Å²) < 4.78 is 38.3. The van der Waals surface area contributed by atoms with Gasteiger partial charge in [0.05, 0.1) is 24.0 Å². The first kappa shape index (κ1) is 23.9. The quantitative estimate of drug-likeness (QED) is 0.498. The molecule has 34 heavy (non-hydrogen) atoms. The summed E-state index contributed by atoms with van der Waals surface area (Å²) in [4.78, 5) is 4.55. The van der Waals surface area contributed by atoms with Crippen LogP contribution < -0.4 is 9.46 Å². The molecular weight excluding hydrogens is 456 g/mol. The minimum atomic E-state index is -3.59. The second kappa shape index (κ2) is 9.93. The van der Waals surface area contributed by atoms with Crippen LogP contribution in [0, 0.1) is 11.3 Å². The molecule has 2 N–H and O–H groups in total. The summed E-state index contributed by atoms with van der Waals surface area (Å²) in [6.07, 6.45) is 2.16. The molecule has 1 aliphatic rings. The van der Waals surface area contributed by atoms with Crippen LogP contribution in [0.15, 0.2) is 40.9 Å². The zero-order valence-electron chi connectivity index (χ0n) is 19.0. The average molecular weight is 483 g/mol. The topological polar surface area (TPSA) is 138 Å². The highest BCUT2D eigenvalue weighted by Crippen LogP contribution is 2.36. The Balaban J connectivity index is 1.65. The van der Waals surface area contributed by atoms with Crippen LogP contribution in [0.2, 0.25) is 0 Å². The summed E-state index contributed by atoms with van der Waals surface area (Å²) in [5.41, 5.74) is 3.60. The third-order valence-corrected chi connectivity index (χ3v) is 6.93. The van der Waals surface area contributed by atoms with Gasteiger partial charge in [-0.15, -0.1) is 0 Å². The number of nitrogens with one attached hydrogen (secondary N) is 1. The number of aliphatic hydroxyl groups excluding tert-OH is 1. The van der Waals surface area contributed by atoms with Gasteiger partial charge in [0.25, 0.3) is 5.89 Å². The molecule has 0 saturated carbocycles. The number of rotatable bonds is 8. The number of hydrogen-bond donors (Lipinski definition) is 2. The molecule has 1 aliphatic carbocycles. The molecule has 0 spiro atoms. The standard InChI is InChI=1S/C24H26N4O5S/c1-15(2)32-22-10-9-16(13-17(22)14-25)24-26-23(27-33-24)20-7-3-6-19-18(20)5-4-8-21(19)28-34(30,31)12-11-29/h3,6-7,9-10,13,15,21,28-29H,4-5,8,11-12H2,1-2H3. The molecule has 0 radical (unpaired) electrons. The summed E-state index contributed by atoms with van der Waals surface area (Å²) in [7, 11) is -3.59. The Morgan fingerprint density at radius 2 is 2.15 bits per heavy atom. The fourth-order valence-electron chi connectivity index (χ4n) is 4.13. The lowest BCUT2D eigenvalue weighted by Gasteiger charge is -2.27. The predicted molar refractivity (Wildman–Crippen MR) is 125 cm³/mol. The van der Waals surface area contributed by atoms with E-state index in [0.717, 1.165) is 29.5 Å². The molecule has 1 atom stereocenters. The Hall–Kier alpha value is -3.26. The molecule has 1 unspecified atom stereocenters. The molecule has 0 bridgehead atoms. The molecule has 0 fully saturated rings. The Labute approximate surface area is 198 Å². The van der Waals surface area contributed by atoms with Crippen LogP contribution in [0.1, 0.15) is 49.4 Å². The van der Waals surface area contributed by atoms with E-state index in [-0.39, 0.29) is 23.8 Å². The van der Waals surface area contributed by atoms with E-state index in [1.54, 1.807) is 18.2 Å². The summed E-state index contributed by atoms with van der Waals surface area (Å²) >= 11 is 0. The maximum Gasteiger partial charge on any atom is 0.258 e. The Kier molecular flexibility index (Phi) is 6.97. The van der Waals surface area contributed by atoms with Crippen LogP contribution in [0.5, 0.6) is 5.75 Å². The van der Waals surface area contributed by atoms with Crippen molar-refractivity contribution in [3.63, 3.8) is 0 Å². The molecule has 9 nitrogen and oxygen atoms in total. The van der Waals surface area contributed by atoms with Crippen molar-refractivity contribution in [2.45, 2.75) is 45.3 Å². The van der Waals surface area contributed by atoms with E-state index in [4.69, 9.17) is 14.4 Å². The van der Waals surface area contributed by atoms with E-state index in [9.17, 15) is 13.7 Å². The summed E-state index contributed by atoms with van der Waals surface area (Å²) in [6, 6.07) is 12.5. The van der Waals surface area contributed by atoms with Crippen LogP contribution in [0.3, 0.4) is 0 Å². The lowest BCUT2D eigenvalue weighted by atomic mass is 9.85. The molecule has 1 heterocycles. The van der Waals surface area contributed by atoms with E-state index in [2.05, 4.69) is 20.9 Å². The first-order valence-corrected chi connectivity index (χ1v) is 12.7. The van der Waals surface area contributed by atoms with Gasteiger partial charge in [0.15, 0.2) is 0 Å². The van der Waals surface area contributed by atoms with Gasteiger partial charge in [-0.25, -0.2) is 13.1 Å². The van der Waals surface area contributed by atoms with Crippen LogP contribution in [-0.4, -0.2) is 42.1 Å². The zero-order chi connectivity index (χ0) is 24.3. The van der Waals surface area contributed by atoms with E-state index in [0.29, 0.717) is 29.1 Å². The number of nitrogens with zero attached hydrogens (tertiary/aromatic N) is 3. The lowest BCUT2D eigenvalue weighted by Crippen LogP contribution is -2.33. The average Bonchev–Trinajstić information content (AvgIpc) is 3.28. The van der Waals surface area contributed by atoms with Crippen molar-refractivity contribution in [2.24, 2.45) is 0 Å². The minimum Gasteiger partial charge on any atom is -0.490 e. The normalized spacial score (nSPS) is 15.7. The third-order valence-electron chi connectivity index (χ3n) is 5.57. The molecule has 0 saturated heterocycles. The maximum atomic E-state index is 12.2. The number of ether oxygens (including phenoxy) is 1. The summed E-state index contributed by atoms with van der Waals surface area (Å²) in [6.45, 7) is 3.35. The molecular formula is C24H26N4O5S. The molecule has 3 aromatic rings. The SMILES string of the molecule is CC(C)Oc1ccc(-c2nc(-c3cccc4c3CCCC4NS(=O)(=O)CCO)no2)cc1C#N. The second-order valence-electron chi connectivity index (χ2n) is 8.39. The molecule has 4 rings (SSSR count). The molecule has 2 aromatic carbocycles. The molecule has 10 heteroatoms. The van der Waals surface area contributed by atoms with Crippen LogP contribution in [0.4, 0.5) is 0 Å². The highest BCUT2D eigenvalue weighted by atomic mass is 32.2. The predicted octanol–water partition coefficient (Wildman–Crippen LogP) is 3.35. The van der Waals surface area contributed by atoms with Crippen LogP contribution in [-0.2, 0) is 16.4 Å². The number of aromatic nitrogens is 2. The summed E-state index contributed by atoms with van der Waals surface area (Å²) in [5.74, 6) is 0.828. The van der Waals surface area contributed by atoms with Crippen molar-refractivity contribution < 1.29 is 22.8 Å². The number of sulfonamides is 1. The van der Waals surface area contributed by atoms with Crippen molar-refractivity contribution >= 4 is 10.0 Å². The fourth-order valence-corrected chi connectivity index (χ4v) is 5.17. The molecule has 0 amide bonds. The number of hydrogen-bond acceptors (Lipinski definition) is 8. The van der Waals surface area contributed by atoms with Gasteiger partial charge in [0.2, 0.25) is 15.8 Å². The van der Waals surface area contributed by atoms with Gasteiger partial charge in [-0.3, -0.25) is 0 Å². The highest BCUT2D eigenvalue weighted by Gasteiger charge is 2.27.